The van der Waals surface area contributed by atoms with Gasteiger partial charge in [0, 0.05) is 6.04 Å². The standard InChI is InChI=1S/C16H22FN/c1-3-18-16(15-13-5-4-6-14(13)15)11-7-10(2)8-12(17)9-11/h7-9,13-16,18H,3-6H2,1-2H3. The topological polar surface area (TPSA) is 12.0 Å². The molecule has 3 rings (SSSR count). The molecule has 2 aliphatic carbocycles. The Morgan fingerprint density at radius 3 is 2.61 bits per heavy atom. The fourth-order valence-electron chi connectivity index (χ4n) is 4.01. The molecular weight excluding hydrogens is 225 g/mol. The van der Waals surface area contributed by atoms with E-state index in [0.29, 0.717) is 6.04 Å². The maximum absolute atomic E-state index is 13.6. The monoisotopic (exact) mass is 247 g/mol. The molecule has 0 radical (unpaired) electrons. The van der Waals surface area contributed by atoms with Crippen LogP contribution in [0.1, 0.15) is 43.4 Å². The summed E-state index contributed by atoms with van der Waals surface area (Å²) in [5.41, 5.74) is 2.17. The molecule has 2 fully saturated rings. The van der Waals surface area contributed by atoms with Crippen LogP contribution in [0.4, 0.5) is 4.39 Å². The number of benzene rings is 1. The van der Waals surface area contributed by atoms with E-state index in [1.807, 2.05) is 6.92 Å². The first-order valence-electron chi connectivity index (χ1n) is 7.21. The predicted octanol–water partition coefficient (Wildman–Crippen LogP) is 3.83. The van der Waals surface area contributed by atoms with Crippen molar-refractivity contribution in [2.24, 2.45) is 17.8 Å². The summed E-state index contributed by atoms with van der Waals surface area (Å²) in [5, 5.41) is 3.58. The van der Waals surface area contributed by atoms with Crippen molar-refractivity contribution in [2.45, 2.75) is 39.2 Å². The van der Waals surface area contributed by atoms with E-state index in [1.165, 1.54) is 19.3 Å². The maximum atomic E-state index is 13.6. The van der Waals surface area contributed by atoms with Crippen LogP contribution in [0, 0.1) is 30.5 Å². The fraction of sp³-hybridized carbons (Fsp3) is 0.625. The molecular formula is C16H22FN. The largest absolute Gasteiger partial charge is 0.310 e. The lowest BCUT2D eigenvalue weighted by atomic mass is 9.95. The van der Waals surface area contributed by atoms with E-state index in [1.54, 1.807) is 12.1 Å². The summed E-state index contributed by atoms with van der Waals surface area (Å²) in [7, 11) is 0. The Kier molecular flexibility index (Phi) is 3.14. The van der Waals surface area contributed by atoms with Crippen molar-refractivity contribution in [1.29, 1.82) is 0 Å². The van der Waals surface area contributed by atoms with Crippen molar-refractivity contribution < 1.29 is 4.39 Å². The van der Waals surface area contributed by atoms with Gasteiger partial charge < -0.3 is 5.32 Å². The van der Waals surface area contributed by atoms with Gasteiger partial charge in [-0.05, 0) is 67.3 Å². The Labute approximate surface area is 109 Å². The SMILES string of the molecule is CCNC(c1cc(C)cc(F)c1)C1C2CCCC21. The number of nitrogens with one attached hydrogen (secondary N) is 1. The number of halogens is 1. The predicted molar refractivity (Wildman–Crippen MR) is 71.9 cm³/mol. The molecule has 0 spiro atoms. The van der Waals surface area contributed by atoms with E-state index >= 15 is 0 Å². The van der Waals surface area contributed by atoms with Gasteiger partial charge in [0.2, 0.25) is 0 Å². The number of aryl methyl sites for hydroxylation is 1. The lowest BCUT2D eigenvalue weighted by Crippen LogP contribution is -2.24. The summed E-state index contributed by atoms with van der Waals surface area (Å²) in [6, 6.07) is 5.83. The van der Waals surface area contributed by atoms with Gasteiger partial charge >= 0.3 is 0 Å². The first-order chi connectivity index (χ1) is 8.70. The van der Waals surface area contributed by atoms with Crippen molar-refractivity contribution in [3.05, 3.63) is 35.1 Å². The Morgan fingerprint density at radius 2 is 2.00 bits per heavy atom. The van der Waals surface area contributed by atoms with Crippen LogP contribution >= 0.6 is 0 Å². The normalized spacial score (nSPS) is 31.2. The zero-order valence-electron chi connectivity index (χ0n) is 11.2. The minimum Gasteiger partial charge on any atom is -0.310 e. The summed E-state index contributed by atoms with van der Waals surface area (Å²) in [6.07, 6.45) is 4.16. The first-order valence-corrected chi connectivity index (χ1v) is 7.21. The molecule has 1 nitrogen and oxygen atoms in total. The lowest BCUT2D eigenvalue weighted by molar-refractivity contribution is 0.424. The van der Waals surface area contributed by atoms with Gasteiger partial charge in [-0.1, -0.05) is 19.4 Å². The fourth-order valence-corrected chi connectivity index (χ4v) is 4.01. The summed E-state index contributed by atoms with van der Waals surface area (Å²) in [5.74, 6) is 2.45. The van der Waals surface area contributed by atoms with Crippen LogP contribution < -0.4 is 5.32 Å². The number of rotatable bonds is 4. The van der Waals surface area contributed by atoms with E-state index < -0.39 is 0 Å². The Hall–Kier alpha value is -0.890. The van der Waals surface area contributed by atoms with Crippen LogP contribution in [0.15, 0.2) is 18.2 Å². The molecule has 0 bridgehead atoms. The van der Waals surface area contributed by atoms with Crippen molar-refractivity contribution in [2.75, 3.05) is 6.54 Å². The highest BCUT2D eigenvalue weighted by Crippen LogP contribution is 2.62. The van der Waals surface area contributed by atoms with Gasteiger partial charge in [0.15, 0.2) is 0 Å². The summed E-state index contributed by atoms with van der Waals surface area (Å²) < 4.78 is 13.6. The average molecular weight is 247 g/mol. The van der Waals surface area contributed by atoms with Gasteiger partial charge in [-0.3, -0.25) is 0 Å². The van der Waals surface area contributed by atoms with Gasteiger partial charge in [-0.25, -0.2) is 4.39 Å². The molecule has 0 aliphatic heterocycles. The van der Waals surface area contributed by atoms with Gasteiger partial charge in [-0.2, -0.15) is 0 Å². The highest BCUT2D eigenvalue weighted by molar-refractivity contribution is 5.29. The van der Waals surface area contributed by atoms with Crippen molar-refractivity contribution in [3.8, 4) is 0 Å². The molecule has 98 valence electrons. The van der Waals surface area contributed by atoms with E-state index in [0.717, 1.165) is 35.4 Å². The third-order valence-electron chi connectivity index (χ3n) is 4.71. The van der Waals surface area contributed by atoms with Gasteiger partial charge in [0.1, 0.15) is 5.82 Å². The minimum absolute atomic E-state index is 0.0984. The Morgan fingerprint density at radius 1 is 1.28 bits per heavy atom. The highest BCUT2D eigenvalue weighted by atomic mass is 19.1. The maximum Gasteiger partial charge on any atom is 0.123 e. The van der Waals surface area contributed by atoms with E-state index in [4.69, 9.17) is 0 Å². The van der Waals surface area contributed by atoms with Crippen LogP contribution in [0.3, 0.4) is 0 Å². The van der Waals surface area contributed by atoms with Crippen LogP contribution in [0.2, 0.25) is 0 Å². The second-order valence-corrected chi connectivity index (χ2v) is 5.93. The second-order valence-electron chi connectivity index (χ2n) is 5.93. The zero-order chi connectivity index (χ0) is 12.7. The van der Waals surface area contributed by atoms with Crippen LogP contribution in [-0.2, 0) is 0 Å². The lowest BCUT2D eigenvalue weighted by Gasteiger charge is -2.21. The smallest absolute Gasteiger partial charge is 0.123 e. The molecule has 0 heterocycles. The molecule has 2 heteroatoms. The van der Waals surface area contributed by atoms with Gasteiger partial charge in [0.25, 0.3) is 0 Å². The molecule has 1 aromatic carbocycles. The zero-order valence-corrected chi connectivity index (χ0v) is 11.2. The molecule has 0 aromatic heterocycles. The molecule has 0 saturated heterocycles. The van der Waals surface area contributed by atoms with Crippen molar-refractivity contribution in [1.82, 2.24) is 5.32 Å². The van der Waals surface area contributed by atoms with Crippen LogP contribution in [0.25, 0.3) is 0 Å². The first kappa shape index (κ1) is 12.2. The third-order valence-corrected chi connectivity index (χ3v) is 4.71. The second kappa shape index (κ2) is 4.65. The van der Waals surface area contributed by atoms with E-state index in [-0.39, 0.29) is 5.82 Å². The summed E-state index contributed by atoms with van der Waals surface area (Å²) in [6.45, 7) is 5.07. The highest BCUT2D eigenvalue weighted by Gasteiger charge is 2.55. The Bertz CT molecular complexity index is 412. The molecule has 3 atom stereocenters. The third kappa shape index (κ3) is 2.07. The molecule has 1 N–H and O–H groups in total. The van der Waals surface area contributed by atoms with Crippen molar-refractivity contribution in [3.63, 3.8) is 0 Å². The minimum atomic E-state index is -0.0984. The molecule has 18 heavy (non-hydrogen) atoms. The molecule has 1 aromatic rings. The van der Waals surface area contributed by atoms with Gasteiger partial charge in [0.05, 0.1) is 0 Å². The Balaban J connectivity index is 1.85. The number of hydrogen-bond donors (Lipinski definition) is 1. The molecule has 0 amide bonds. The molecule has 2 saturated carbocycles. The molecule has 3 unspecified atom stereocenters. The number of fused-ring (bicyclic) bond motifs is 1. The summed E-state index contributed by atoms with van der Waals surface area (Å²) in [4.78, 5) is 0. The van der Waals surface area contributed by atoms with E-state index in [2.05, 4.69) is 18.3 Å². The van der Waals surface area contributed by atoms with Crippen molar-refractivity contribution >= 4 is 0 Å². The number of hydrogen-bond acceptors (Lipinski definition) is 1. The van der Waals surface area contributed by atoms with Gasteiger partial charge in [-0.15, -0.1) is 0 Å². The quantitative estimate of drug-likeness (QED) is 0.852. The van der Waals surface area contributed by atoms with Crippen LogP contribution in [0.5, 0.6) is 0 Å². The average Bonchev–Trinajstić information content (AvgIpc) is 2.79. The van der Waals surface area contributed by atoms with E-state index in [9.17, 15) is 4.39 Å². The van der Waals surface area contributed by atoms with Crippen LogP contribution in [-0.4, -0.2) is 6.54 Å². The summed E-state index contributed by atoms with van der Waals surface area (Å²) >= 11 is 0. The molecule has 2 aliphatic rings.